The average Bonchev–Trinajstić information content (AvgIpc) is 0.811. The van der Waals surface area contributed by atoms with Gasteiger partial charge in [0.05, 0.1) is 0 Å². The van der Waals surface area contributed by atoms with Crippen LogP contribution >= 0.6 is 0 Å². The summed E-state index contributed by atoms with van der Waals surface area (Å²) in [4.78, 5) is 0. The van der Waals surface area contributed by atoms with Crippen molar-refractivity contribution in [2.24, 2.45) is 0 Å². The molecule has 34 valence electrons. The monoisotopic (exact) mass is 185 g/mol. The summed E-state index contributed by atoms with van der Waals surface area (Å²) in [6.07, 6.45) is -0.417. The van der Waals surface area contributed by atoms with Crippen LogP contribution in [-0.2, 0) is 19.5 Å². The Labute approximate surface area is 74.2 Å². The number of hydrogen-bond donors (Lipinski definition) is 0. The van der Waals surface area contributed by atoms with Crippen LogP contribution in [0.25, 0.3) is 0 Å². The van der Waals surface area contributed by atoms with E-state index in [1.54, 1.807) is 13.8 Å². The molecular weight excluding hydrogens is 180 g/mol. The Hall–Kier alpha value is 1.41. The first-order valence-corrected chi connectivity index (χ1v) is 1.39. The van der Waals surface area contributed by atoms with Gasteiger partial charge < -0.3 is 17.5 Å². The van der Waals surface area contributed by atoms with E-state index in [0.29, 0.717) is 0 Å². The standard InChI is InChI=1S/C3H7O.Al.ClH.Zn/c1-3(2)4;;;/h3H,1-2H3;;1H;/q-1;+3;;+2/p-1. The Morgan fingerprint density at radius 2 is 1.29 bits per heavy atom. The molecule has 0 aromatic heterocycles. The van der Waals surface area contributed by atoms with Crippen molar-refractivity contribution in [3.8, 4) is 0 Å². The normalized spacial score (nSPS) is 5.14. The van der Waals surface area contributed by atoms with Crippen LogP contribution in [0.1, 0.15) is 13.8 Å². The fourth-order valence-corrected chi connectivity index (χ4v) is 0. The molecule has 1 nitrogen and oxygen atoms in total. The maximum Gasteiger partial charge on any atom is 3.00 e. The molecule has 0 N–H and O–H groups in total. The van der Waals surface area contributed by atoms with Crippen LogP contribution in [0.5, 0.6) is 0 Å². The van der Waals surface area contributed by atoms with Crippen molar-refractivity contribution in [2.45, 2.75) is 20.0 Å². The second kappa shape index (κ2) is 15.7. The second-order valence-corrected chi connectivity index (χ2v) is 1.05. The van der Waals surface area contributed by atoms with Crippen molar-refractivity contribution in [1.82, 2.24) is 0 Å². The molecule has 0 rings (SSSR count). The van der Waals surface area contributed by atoms with Crippen molar-refractivity contribution < 1.29 is 37.0 Å². The van der Waals surface area contributed by atoms with Gasteiger partial charge in [0.2, 0.25) is 0 Å². The van der Waals surface area contributed by atoms with E-state index in [0.717, 1.165) is 0 Å². The second-order valence-electron chi connectivity index (χ2n) is 1.05. The molecule has 0 atom stereocenters. The Morgan fingerprint density at radius 1 is 1.29 bits per heavy atom. The quantitative estimate of drug-likeness (QED) is 0.359. The largest absolute Gasteiger partial charge is 3.00 e. The van der Waals surface area contributed by atoms with Crippen molar-refractivity contribution in [1.29, 1.82) is 0 Å². The van der Waals surface area contributed by atoms with Crippen LogP contribution in [0.2, 0.25) is 0 Å². The summed E-state index contributed by atoms with van der Waals surface area (Å²) in [5.74, 6) is 0. The van der Waals surface area contributed by atoms with Crippen LogP contribution < -0.4 is 17.5 Å². The van der Waals surface area contributed by atoms with E-state index >= 15 is 0 Å². The minimum absolute atomic E-state index is 0. The van der Waals surface area contributed by atoms with E-state index < -0.39 is 6.10 Å². The van der Waals surface area contributed by atoms with Gasteiger partial charge in [0, 0.05) is 0 Å². The van der Waals surface area contributed by atoms with Gasteiger partial charge in [0.15, 0.2) is 0 Å². The van der Waals surface area contributed by atoms with Crippen LogP contribution in [0.15, 0.2) is 0 Å². The van der Waals surface area contributed by atoms with Gasteiger partial charge in [-0.25, -0.2) is 0 Å². The number of hydrogen-bond acceptors (Lipinski definition) is 1. The molecule has 0 fully saturated rings. The summed E-state index contributed by atoms with van der Waals surface area (Å²) in [5, 5.41) is 9.53. The first kappa shape index (κ1) is 23.8. The van der Waals surface area contributed by atoms with Gasteiger partial charge in [-0.1, -0.05) is 13.8 Å². The first-order chi connectivity index (χ1) is 1.73. The molecule has 4 heteroatoms. The molecule has 0 unspecified atom stereocenters. The summed E-state index contributed by atoms with van der Waals surface area (Å²) >= 11 is 0. The minimum Gasteiger partial charge on any atom is -1.00 e. The van der Waals surface area contributed by atoms with Crippen molar-refractivity contribution in [3.05, 3.63) is 0 Å². The molecule has 0 spiro atoms. The van der Waals surface area contributed by atoms with Crippen LogP contribution in [-0.4, -0.2) is 23.5 Å². The fraction of sp³-hybridized carbons (Fsp3) is 1.00. The van der Waals surface area contributed by atoms with E-state index in [-0.39, 0.29) is 49.2 Å². The minimum atomic E-state index is -0.417. The molecule has 0 saturated carbocycles. The Kier molecular flexibility index (Phi) is 53.1. The van der Waals surface area contributed by atoms with E-state index in [1.165, 1.54) is 0 Å². The molecule has 0 bridgehead atoms. The smallest absolute Gasteiger partial charge is 1.00 e. The molecule has 0 aliphatic carbocycles. The topological polar surface area (TPSA) is 23.1 Å². The zero-order chi connectivity index (χ0) is 3.58. The zero-order valence-electron chi connectivity index (χ0n) is 4.65. The SMILES string of the molecule is CC(C)[O-].[Al+3].[Cl-].[Zn+2]. The van der Waals surface area contributed by atoms with Crippen LogP contribution in [0.3, 0.4) is 0 Å². The van der Waals surface area contributed by atoms with Crippen LogP contribution in [0, 0.1) is 0 Å². The Bertz CT molecular complexity index is 19.7. The zero-order valence-corrected chi connectivity index (χ0v) is 9.53. The third-order valence-corrected chi connectivity index (χ3v) is 0. The summed E-state index contributed by atoms with van der Waals surface area (Å²) in [6, 6.07) is 0. The fourth-order valence-electron chi connectivity index (χ4n) is 0. The van der Waals surface area contributed by atoms with E-state index in [4.69, 9.17) is 0 Å². The predicted molar refractivity (Wildman–Crippen MR) is 20.9 cm³/mol. The van der Waals surface area contributed by atoms with E-state index in [2.05, 4.69) is 0 Å². The molecule has 0 aliphatic rings. The predicted octanol–water partition coefficient (Wildman–Crippen LogP) is -3.62. The van der Waals surface area contributed by atoms with Gasteiger partial charge in [-0.05, 0) is 0 Å². The van der Waals surface area contributed by atoms with E-state index in [9.17, 15) is 5.11 Å². The maximum absolute atomic E-state index is 9.53. The van der Waals surface area contributed by atoms with Gasteiger partial charge in [0.25, 0.3) is 0 Å². The summed E-state index contributed by atoms with van der Waals surface area (Å²) in [6.45, 7) is 3.22. The van der Waals surface area contributed by atoms with Gasteiger partial charge in [-0.2, -0.15) is 0 Å². The molecule has 7 heavy (non-hydrogen) atoms. The summed E-state index contributed by atoms with van der Waals surface area (Å²) in [7, 11) is 0. The molecular formula is C3H7AlClOZn+3. The summed E-state index contributed by atoms with van der Waals surface area (Å²) in [5.41, 5.74) is 0. The van der Waals surface area contributed by atoms with Crippen LogP contribution in [0.4, 0.5) is 0 Å². The van der Waals surface area contributed by atoms with Crippen molar-refractivity contribution in [2.75, 3.05) is 0 Å². The molecule has 0 heterocycles. The Balaban J connectivity index is -0.0000000150. The molecule has 0 aliphatic heterocycles. The third kappa shape index (κ3) is 110. The molecule has 0 aromatic carbocycles. The van der Waals surface area contributed by atoms with Gasteiger partial charge in [-0.3, -0.25) is 0 Å². The van der Waals surface area contributed by atoms with Gasteiger partial charge in [0.1, 0.15) is 0 Å². The number of rotatable bonds is 0. The first-order valence-electron chi connectivity index (χ1n) is 1.39. The third-order valence-electron chi connectivity index (χ3n) is 0. The molecule has 0 aromatic rings. The van der Waals surface area contributed by atoms with E-state index in [1.807, 2.05) is 0 Å². The van der Waals surface area contributed by atoms with Gasteiger partial charge in [-0.15, -0.1) is 6.10 Å². The molecule has 0 amide bonds. The van der Waals surface area contributed by atoms with Gasteiger partial charge >= 0.3 is 36.8 Å². The Morgan fingerprint density at radius 3 is 1.29 bits per heavy atom. The van der Waals surface area contributed by atoms with Crippen molar-refractivity contribution in [3.63, 3.8) is 0 Å². The summed E-state index contributed by atoms with van der Waals surface area (Å²) < 4.78 is 0. The van der Waals surface area contributed by atoms with Crippen molar-refractivity contribution >= 4 is 17.4 Å². The molecule has 0 radical (unpaired) electrons. The molecule has 0 saturated heterocycles. The average molecular weight is 187 g/mol. The maximum atomic E-state index is 9.53. The number of halogens is 1.